The van der Waals surface area contributed by atoms with E-state index in [1.807, 2.05) is 87.6 Å². The number of hydrogen-bond donors (Lipinski definition) is 0. The van der Waals surface area contributed by atoms with E-state index >= 15 is 0 Å². The Hall–Kier alpha value is -2.88. The molecule has 0 aliphatic carbocycles. The van der Waals surface area contributed by atoms with Crippen LogP contribution in [0.15, 0.2) is 66.9 Å². The number of carbonyl (C=O) groups is 2. The Bertz CT molecular complexity index is 733. The summed E-state index contributed by atoms with van der Waals surface area (Å²) in [7, 11) is 1.28. The zero-order valence-corrected chi connectivity index (χ0v) is 15.7. The molecule has 4 nitrogen and oxygen atoms in total. The van der Waals surface area contributed by atoms with Crippen molar-refractivity contribution in [3.63, 3.8) is 0 Å². The molecular formula is C22H25NO3. The summed E-state index contributed by atoms with van der Waals surface area (Å²) in [6.07, 6.45) is 1.54. The van der Waals surface area contributed by atoms with E-state index in [1.165, 1.54) is 7.11 Å². The summed E-state index contributed by atoms with van der Waals surface area (Å²) in [6.45, 7) is 5.81. The molecule has 0 fully saturated rings. The number of benzene rings is 2. The van der Waals surface area contributed by atoms with Crippen molar-refractivity contribution in [3.05, 3.63) is 78.0 Å². The van der Waals surface area contributed by atoms with Gasteiger partial charge in [-0.05, 0) is 31.9 Å². The Labute approximate surface area is 155 Å². The van der Waals surface area contributed by atoms with Crippen LogP contribution in [0.1, 0.15) is 38.3 Å². The predicted molar refractivity (Wildman–Crippen MR) is 103 cm³/mol. The smallest absolute Gasteiger partial charge is 0.315 e. The maximum Gasteiger partial charge on any atom is 0.315 e. The topological polar surface area (TPSA) is 46.6 Å². The number of nitrogens with zero attached hydrogens (tertiary/aromatic N) is 1. The van der Waals surface area contributed by atoms with Crippen molar-refractivity contribution < 1.29 is 14.3 Å². The van der Waals surface area contributed by atoms with E-state index in [1.54, 1.807) is 4.90 Å². The Balaban J connectivity index is 2.53. The number of methoxy groups -OCH3 is 1. The van der Waals surface area contributed by atoms with Gasteiger partial charge in [0.05, 0.1) is 7.11 Å². The van der Waals surface area contributed by atoms with Crippen LogP contribution in [0.3, 0.4) is 0 Å². The third-order valence-electron chi connectivity index (χ3n) is 3.94. The molecule has 0 aliphatic rings. The van der Waals surface area contributed by atoms with Crippen LogP contribution in [-0.4, -0.2) is 29.4 Å². The second-order valence-corrected chi connectivity index (χ2v) is 6.96. The normalized spacial score (nSPS) is 10.8. The first-order valence-electron chi connectivity index (χ1n) is 8.54. The second-order valence-electron chi connectivity index (χ2n) is 6.96. The molecule has 0 aliphatic heterocycles. The predicted octanol–water partition coefficient (Wildman–Crippen LogP) is 4.27. The first kappa shape index (κ1) is 19.4. The number of esters is 1. The van der Waals surface area contributed by atoms with Gasteiger partial charge in [0, 0.05) is 17.3 Å². The van der Waals surface area contributed by atoms with Gasteiger partial charge in [-0.2, -0.15) is 0 Å². The summed E-state index contributed by atoms with van der Waals surface area (Å²) in [5, 5.41) is 0. The van der Waals surface area contributed by atoms with Crippen molar-refractivity contribution >= 4 is 17.4 Å². The quantitative estimate of drug-likeness (QED) is 0.597. The summed E-state index contributed by atoms with van der Waals surface area (Å²) in [6, 6.07) is 19.8. The van der Waals surface area contributed by atoms with Crippen molar-refractivity contribution in [1.82, 2.24) is 4.90 Å². The molecule has 2 aromatic carbocycles. The van der Waals surface area contributed by atoms with Crippen LogP contribution in [0, 0.1) is 0 Å². The van der Waals surface area contributed by atoms with Crippen LogP contribution in [0.2, 0.25) is 0 Å². The third-order valence-corrected chi connectivity index (χ3v) is 3.94. The molecular weight excluding hydrogens is 326 g/mol. The SMILES string of the molecule is COC(=O)CC(=O)N(C=C(c1ccccc1)c1ccccc1)C(C)(C)C. The highest BCUT2D eigenvalue weighted by atomic mass is 16.5. The molecule has 0 N–H and O–H groups in total. The van der Waals surface area contributed by atoms with Gasteiger partial charge in [-0.3, -0.25) is 9.59 Å². The molecule has 1 amide bonds. The van der Waals surface area contributed by atoms with Gasteiger partial charge in [-0.25, -0.2) is 0 Å². The summed E-state index contributed by atoms with van der Waals surface area (Å²) >= 11 is 0. The van der Waals surface area contributed by atoms with Crippen LogP contribution in [0.25, 0.3) is 5.57 Å². The van der Waals surface area contributed by atoms with Gasteiger partial charge in [0.15, 0.2) is 0 Å². The van der Waals surface area contributed by atoms with E-state index in [-0.39, 0.29) is 12.3 Å². The maximum absolute atomic E-state index is 12.7. The Morgan fingerprint density at radius 2 is 1.38 bits per heavy atom. The van der Waals surface area contributed by atoms with E-state index in [0.717, 1.165) is 16.7 Å². The van der Waals surface area contributed by atoms with Crippen molar-refractivity contribution in [3.8, 4) is 0 Å². The van der Waals surface area contributed by atoms with Crippen molar-refractivity contribution in [2.45, 2.75) is 32.7 Å². The summed E-state index contributed by atoms with van der Waals surface area (Å²) in [5.41, 5.74) is 2.43. The van der Waals surface area contributed by atoms with Gasteiger partial charge in [0.2, 0.25) is 5.91 Å². The largest absolute Gasteiger partial charge is 0.469 e. The summed E-state index contributed by atoms with van der Waals surface area (Å²) < 4.78 is 4.65. The first-order valence-corrected chi connectivity index (χ1v) is 8.54. The molecule has 0 radical (unpaired) electrons. The number of rotatable bonds is 5. The Morgan fingerprint density at radius 3 is 1.77 bits per heavy atom. The van der Waals surface area contributed by atoms with E-state index in [0.29, 0.717) is 0 Å². The second kappa shape index (κ2) is 8.48. The van der Waals surface area contributed by atoms with E-state index in [2.05, 4.69) is 4.74 Å². The van der Waals surface area contributed by atoms with Gasteiger partial charge in [-0.1, -0.05) is 60.7 Å². The highest BCUT2D eigenvalue weighted by Crippen LogP contribution is 2.27. The Kier molecular flexibility index (Phi) is 6.34. The molecule has 4 heteroatoms. The Morgan fingerprint density at radius 1 is 0.923 bits per heavy atom. The fourth-order valence-corrected chi connectivity index (χ4v) is 2.60. The monoisotopic (exact) mass is 351 g/mol. The van der Waals surface area contributed by atoms with Gasteiger partial charge in [0.25, 0.3) is 0 Å². The standard InChI is InChI=1S/C22H25NO3/c1-22(2,3)23(20(24)15-21(25)26-4)16-19(17-11-7-5-8-12-17)18-13-9-6-10-14-18/h5-14,16H,15H2,1-4H3. The molecule has 0 aromatic heterocycles. The van der Waals surface area contributed by atoms with Gasteiger partial charge < -0.3 is 9.64 Å². The molecule has 0 saturated heterocycles. The first-order chi connectivity index (χ1) is 12.3. The van der Waals surface area contributed by atoms with Crippen molar-refractivity contribution in [1.29, 1.82) is 0 Å². The van der Waals surface area contributed by atoms with Crippen LogP contribution < -0.4 is 0 Å². The number of hydrogen-bond acceptors (Lipinski definition) is 3. The molecule has 0 heterocycles. The zero-order chi connectivity index (χ0) is 19.2. The highest BCUT2D eigenvalue weighted by Gasteiger charge is 2.27. The number of ether oxygens (including phenoxy) is 1. The van der Waals surface area contributed by atoms with Crippen LogP contribution in [0.4, 0.5) is 0 Å². The molecule has 136 valence electrons. The van der Waals surface area contributed by atoms with Gasteiger partial charge in [-0.15, -0.1) is 0 Å². The van der Waals surface area contributed by atoms with Crippen LogP contribution >= 0.6 is 0 Å². The van der Waals surface area contributed by atoms with Crippen molar-refractivity contribution in [2.75, 3.05) is 7.11 Å². The number of amides is 1. The summed E-state index contributed by atoms with van der Waals surface area (Å²) in [5.74, 6) is -0.840. The lowest BCUT2D eigenvalue weighted by Gasteiger charge is -2.33. The molecule has 0 atom stereocenters. The van der Waals surface area contributed by atoms with E-state index in [9.17, 15) is 9.59 Å². The maximum atomic E-state index is 12.7. The minimum Gasteiger partial charge on any atom is -0.469 e. The minimum absolute atomic E-state index is 0.291. The lowest BCUT2D eigenvalue weighted by Crippen LogP contribution is -2.42. The zero-order valence-electron chi connectivity index (χ0n) is 15.7. The molecule has 2 aromatic rings. The van der Waals surface area contributed by atoms with E-state index < -0.39 is 11.5 Å². The van der Waals surface area contributed by atoms with Crippen LogP contribution in [-0.2, 0) is 14.3 Å². The van der Waals surface area contributed by atoms with E-state index in [4.69, 9.17) is 0 Å². The molecule has 26 heavy (non-hydrogen) atoms. The molecule has 2 rings (SSSR count). The average Bonchev–Trinajstić information content (AvgIpc) is 2.62. The fraction of sp³-hybridized carbons (Fsp3) is 0.273. The molecule has 0 spiro atoms. The van der Waals surface area contributed by atoms with Crippen molar-refractivity contribution in [2.24, 2.45) is 0 Å². The lowest BCUT2D eigenvalue weighted by atomic mass is 9.97. The number of carbonyl (C=O) groups excluding carboxylic acids is 2. The highest BCUT2D eigenvalue weighted by molar-refractivity contribution is 5.96. The van der Waals surface area contributed by atoms with Crippen LogP contribution in [0.5, 0.6) is 0 Å². The molecule has 0 saturated carbocycles. The molecule has 0 bridgehead atoms. The average molecular weight is 351 g/mol. The minimum atomic E-state index is -0.543. The lowest BCUT2D eigenvalue weighted by molar-refractivity contribution is -0.147. The van der Waals surface area contributed by atoms with Gasteiger partial charge in [0.1, 0.15) is 6.42 Å². The fourth-order valence-electron chi connectivity index (χ4n) is 2.60. The van der Waals surface area contributed by atoms with Gasteiger partial charge >= 0.3 is 5.97 Å². The third kappa shape index (κ3) is 5.06. The summed E-state index contributed by atoms with van der Waals surface area (Å²) in [4.78, 5) is 25.9. The molecule has 0 unspecified atom stereocenters.